The van der Waals surface area contributed by atoms with E-state index >= 15 is 0 Å². The molecule has 0 spiro atoms. The van der Waals surface area contributed by atoms with Crippen molar-refractivity contribution in [3.05, 3.63) is 93.9 Å². The number of amides is 1. The Morgan fingerprint density at radius 3 is 2.54 bits per heavy atom. The molecule has 144 valence electrons. The molecule has 6 nitrogen and oxygen atoms in total. The Kier molecular flexibility index (Phi) is 6.11. The van der Waals surface area contributed by atoms with Crippen LogP contribution in [-0.4, -0.2) is 17.7 Å². The molecule has 3 rings (SSSR count). The second kappa shape index (κ2) is 8.90. The fraction of sp³-hybridized carbons (Fsp3) is 0.182. The number of aryl methyl sites for hydroxylation is 1. The second-order valence-electron chi connectivity index (χ2n) is 6.18. The summed E-state index contributed by atoms with van der Waals surface area (Å²) in [7, 11) is 1.59. The number of anilines is 1. The largest absolute Gasteiger partial charge is 0.497 e. The average Bonchev–Trinajstić information content (AvgIpc) is 2.73. The zero-order chi connectivity index (χ0) is 19.9. The van der Waals surface area contributed by atoms with Gasteiger partial charge in [-0.2, -0.15) is 4.73 Å². The van der Waals surface area contributed by atoms with Crippen LogP contribution in [0.25, 0.3) is 0 Å². The van der Waals surface area contributed by atoms with E-state index in [0.29, 0.717) is 11.4 Å². The molecule has 0 aliphatic rings. The maximum atomic E-state index is 12.6. The van der Waals surface area contributed by atoms with Crippen LogP contribution in [0.1, 0.15) is 28.4 Å². The minimum absolute atomic E-state index is 0.00714. The first kappa shape index (κ1) is 19.2. The van der Waals surface area contributed by atoms with Crippen molar-refractivity contribution in [2.45, 2.75) is 20.0 Å². The molecule has 1 aromatic heterocycles. The monoisotopic (exact) mass is 378 g/mol. The number of hydrogen-bond acceptors (Lipinski definition) is 4. The molecule has 1 amide bonds. The SMILES string of the molecule is CCc1ccc(NC(=O)c2cccn(OCc3cccc(OC)c3)c2=O)cc1. The molecule has 0 radical (unpaired) electrons. The van der Waals surface area contributed by atoms with Gasteiger partial charge < -0.3 is 14.9 Å². The number of carbonyl (C=O) groups excluding carboxylic acids is 1. The van der Waals surface area contributed by atoms with Gasteiger partial charge in [-0.1, -0.05) is 31.2 Å². The number of ether oxygens (including phenoxy) is 1. The highest BCUT2D eigenvalue weighted by Gasteiger charge is 2.13. The molecule has 0 fully saturated rings. The Labute approximate surface area is 163 Å². The van der Waals surface area contributed by atoms with Crippen molar-refractivity contribution in [2.75, 3.05) is 12.4 Å². The lowest BCUT2D eigenvalue weighted by molar-refractivity contribution is 0.0862. The first-order valence-corrected chi connectivity index (χ1v) is 8.99. The number of nitrogens with zero attached hydrogens (tertiary/aromatic N) is 1. The summed E-state index contributed by atoms with van der Waals surface area (Å²) in [6.45, 7) is 2.23. The predicted octanol–water partition coefficient (Wildman–Crippen LogP) is 3.30. The third kappa shape index (κ3) is 4.59. The van der Waals surface area contributed by atoms with Crippen molar-refractivity contribution in [3.63, 3.8) is 0 Å². The van der Waals surface area contributed by atoms with Gasteiger partial charge >= 0.3 is 0 Å². The summed E-state index contributed by atoms with van der Waals surface area (Å²) >= 11 is 0. The molecule has 0 bridgehead atoms. The number of aromatic nitrogens is 1. The van der Waals surface area contributed by atoms with Crippen molar-refractivity contribution >= 4 is 11.6 Å². The van der Waals surface area contributed by atoms with Crippen LogP contribution in [0, 0.1) is 0 Å². The molecular weight excluding hydrogens is 356 g/mol. The molecule has 0 unspecified atom stereocenters. The molecule has 2 aromatic carbocycles. The van der Waals surface area contributed by atoms with E-state index in [2.05, 4.69) is 12.2 Å². The number of hydrogen-bond donors (Lipinski definition) is 1. The highest BCUT2D eigenvalue weighted by molar-refractivity contribution is 6.03. The van der Waals surface area contributed by atoms with Gasteiger partial charge in [-0.25, -0.2) is 0 Å². The second-order valence-corrected chi connectivity index (χ2v) is 6.18. The zero-order valence-electron chi connectivity index (χ0n) is 15.8. The molecule has 0 saturated carbocycles. The Morgan fingerprint density at radius 2 is 1.82 bits per heavy atom. The van der Waals surface area contributed by atoms with Gasteiger partial charge in [0, 0.05) is 11.9 Å². The lowest BCUT2D eigenvalue weighted by Crippen LogP contribution is -2.32. The van der Waals surface area contributed by atoms with E-state index in [-0.39, 0.29) is 12.2 Å². The standard InChI is InChI=1S/C22H22N2O4/c1-3-16-9-11-18(12-10-16)23-21(25)20-8-5-13-24(22(20)26)28-15-17-6-4-7-19(14-17)27-2/h4-14H,3,15H2,1-2H3,(H,23,25). The van der Waals surface area contributed by atoms with E-state index in [1.165, 1.54) is 17.8 Å². The van der Waals surface area contributed by atoms with Gasteiger partial charge in [-0.3, -0.25) is 9.59 Å². The highest BCUT2D eigenvalue weighted by atomic mass is 16.7. The number of benzene rings is 2. The van der Waals surface area contributed by atoms with Gasteiger partial charge in [0.15, 0.2) is 0 Å². The van der Waals surface area contributed by atoms with Crippen molar-refractivity contribution in [1.29, 1.82) is 0 Å². The fourth-order valence-electron chi connectivity index (χ4n) is 2.68. The Bertz CT molecular complexity index is 1010. The number of rotatable bonds is 7. The molecule has 1 N–H and O–H groups in total. The van der Waals surface area contributed by atoms with Crippen LogP contribution < -0.4 is 20.5 Å². The van der Waals surface area contributed by atoms with Crippen molar-refractivity contribution < 1.29 is 14.4 Å². The Balaban J connectivity index is 1.72. The molecule has 3 aromatic rings. The topological polar surface area (TPSA) is 69.6 Å². The van der Waals surface area contributed by atoms with E-state index in [1.807, 2.05) is 48.5 Å². The molecule has 0 aliphatic carbocycles. The maximum absolute atomic E-state index is 12.6. The molecule has 0 atom stereocenters. The fourth-order valence-corrected chi connectivity index (χ4v) is 2.68. The van der Waals surface area contributed by atoms with Crippen molar-refractivity contribution in [3.8, 4) is 5.75 Å². The number of methoxy groups -OCH3 is 1. The Hall–Kier alpha value is -3.54. The molecular formula is C22H22N2O4. The van der Waals surface area contributed by atoms with Gasteiger partial charge in [0.1, 0.15) is 17.9 Å². The normalized spacial score (nSPS) is 10.4. The van der Waals surface area contributed by atoms with E-state index in [4.69, 9.17) is 9.57 Å². The minimum atomic E-state index is -0.520. The summed E-state index contributed by atoms with van der Waals surface area (Å²) in [6, 6.07) is 17.9. The summed E-state index contributed by atoms with van der Waals surface area (Å²) in [5, 5.41) is 2.74. The summed E-state index contributed by atoms with van der Waals surface area (Å²) in [5.74, 6) is 0.226. The lowest BCUT2D eigenvalue weighted by atomic mass is 10.1. The van der Waals surface area contributed by atoms with Crippen LogP contribution in [0.4, 0.5) is 5.69 Å². The summed E-state index contributed by atoms with van der Waals surface area (Å²) in [6.07, 6.45) is 2.40. The van der Waals surface area contributed by atoms with Gasteiger partial charge in [-0.15, -0.1) is 0 Å². The lowest BCUT2D eigenvalue weighted by Gasteiger charge is -2.11. The van der Waals surface area contributed by atoms with Crippen LogP contribution in [0.2, 0.25) is 0 Å². The maximum Gasteiger partial charge on any atom is 0.295 e. The third-order valence-corrected chi connectivity index (χ3v) is 4.28. The zero-order valence-corrected chi connectivity index (χ0v) is 15.8. The third-order valence-electron chi connectivity index (χ3n) is 4.28. The van der Waals surface area contributed by atoms with Gasteiger partial charge in [0.25, 0.3) is 11.5 Å². The first-order chi connectivity index (χ1) is 13.6. The molecule has 0 saturated heterocycles. The number of carbonyl (C=O) groups is 1. The van der Waals surface area contributed by atoms with Crippen LogP contribution in [0.5, 0.6) is 5.75 Å². The van der Waals surface area contributed by atoms with Crippen molar-refractivity contribution in [2.24, 2.45) is 0 Å². The Morgan fingerprint density at radius 1 is 1.04 bits per heavy atom. The van der Waals surface area contributed by atoms with Crippen LogP contribution in [0.3, 0.4) is 0 Å². The molecule has 28 heavy (non-hydrogen) atoms. The average molecular weight is 378 g/mol. The van der Waals surface area contributed by atoms with Crippen LogP contribution >= 0.6 is 0 Å². The predicted molar refractivity (Wildman–Crippen MR) is 108 cm³/mol. The molecule has 0 aliphatic heterocycles. The number of nitrogens with one attached hydrogen (secondary N) is 1. The molecule has 6 heteroatoms. The van der Waals surface area contributed by atoms with E-state index < -0.39 is 11.5 Å². The minimum Gasteiger partial charge on any atom is -0.497 e. The van der Waals surface area contributed by atoms with Crippen LogP contribution in [-0.2, 0) is 13.0 Å². The molecule has 1 heterocycles. The van der Waals surface area contributed by atoms with Crippen molar-refractivity contribution in [1.82, 2.24) is 4.73 Å². The van der Waals surface area contributed by atoms with Gasteiger partial charge in [0.2, 0.25) is 0 Å². The van der Waals surface area contributed by atoms with Gasteiger partial charge in [-0.05, 0) is 53.9 Å². The summed E-state index contributed by atoms with van der Waals surface area (Å²) in [5.41, 5.74) is 2.14. The summed E-state index contributed by atoms with van der Waals surface area (Å²) < 4.78 is 6.24. The quantitative estimate of drug-likeness (QED) is 0.685. The number of pyridine rings is 1. The van der Waals surface area contributed by atoms with Gasteiger partial charge in [0.05, 0.1) is 7.11 Å². The van der Waals surface area contributed by atoms with E-state index in [0.717, 1.165) is 16.7 Å². The van der Waals surface area contributed by atoms with Crippen LogP contribution in [0.15, 0.2) is 71.7 Å². The highest BCUT2D eigenvalue weighted by Crippen LogP contribution is 2.13. The first-order valence-electron chi connectivity index (χ1n) is 8.99. The summed E-state index contributed by atoms with van der Waals surface area (Å²) in [4.78, 5) is 30.7. The van der Waals surface area contributed by atoms with E-state index in [1.54, 1.807) is 13.2 Å². The van der Waals surface area contributed by atoms with E-state index in [9.17, 15) is 9.59 Å². The smallest absolute Gasteiger partial charge is 0.295 e.